The van der Waals surface area contributed by atoms with Crippen LogP contribution in [-0.2, 0) is 14.3 Å². The maximum absolute atomic E-state index is 13.4. The number of aromatic nitrogens is 3. The molecule has 2 aromatic rings. The first-order valence-corrected chi connectivity index (χ1v) is 17.2. The lowest BCUT2D eigenvalue weighted by atomic mass is 9.83. The van der Waals surface area contributed by atoms with Crippen LogP contribution in [0.4, 0.5) is 16.6 Å². The third kappa shape index (κ3) is 8.89. The second kappa shape index (κ2) is 15.0. The fraction of sp³-hybridized carbons (Fsp3) is 0.611. The molecular weight excluding hydrogens is 610 g/mol. The maximum atomic E-state index is 13.4. The van der Waals surface area contributed by atoms with E-state index in [1.54, 1.807) is 53.3 Å². The summed E-state index contributed by atoms with van der Waals surface area (Å²) in [5.74, 6) is 1.94. The molecule has 2 bridgehead atoms. The van der Waals surface area contributed by atoms with Crippen molar-refractivity contribution in [2.45, 2.75) is 91.0 Å². The smallest absolute Gasteiger partial charge is 0.410 e. The largest absolute Gasteiger partial charge is 0.444 e. The van der Waals surface area contributed by atoms with Gasteiger partial charge >= 0.3 is 6.09 Å². The second-order valence-corrected chi connectivity index (χ2v) is 14.6. The van der Waals surface area contributed by atoms with Crippen molar-refractivity contribution in [2.24, 2.45) is 11.8 Å². The topological polar surface area (TPSA) is 130 Å². The molecule has 48 heavy (non-hydrogen) atoms. The molecule has 12 heteroatoms. The quantitative estimate of drug-likeness (QED) is 0.348. The van der Waals surface area contributed by atoms with Crippen LogP contribution in [0.2, 0.25) is 0 Å². The molecule has 3 fully saturated rings. The highest BCUT2D eigenvalue weighted by molar-refractivity contribution is 5.97. The molecule has 1 N–H and O–H groups in total. The molecule has 1 aliphatic carbocycles. The summed E-state index contributed by atoms with van der Waals surface area (Å²) in [6.45, 7) is 11.2. The average molecular weight is 662 g/mol. The number of hydrogen-bond acceptors (Lipinski definition) is 9. The molecule has 3 atom stereocenters. The Morgan fingerprint density at radius 1 is 1.04 bits per heavy atom. The molecule has 0 spiro atoms. The Labute approximate surface area is 284 Å². The van der Waals surface area contributed by atoms with E-state index >= 15 is 0 Å². The van der Waals surface area contributed by atoms with E-state index in [0.717, 1.165) is 29.7 Å². The standard InChI is InChI=1S/C36H51N7O5/c1-8-24(25-11-9-10-12-25)15-27(32(44)41(6)7)16-28-18-38-34(39-23(28)2)40-31-14-13-26(17-37-31)33(45)42-19-29-21-43(22-30(20-42)47-29)35(46)48-36(3,4)5/h13-14,16-18,24-25,29-30H,8-12,15,19-22H2,1-7H3,(H,37,38,39,40). The predicted octanol–water partition coefficient (Wildman–Crippen LogP) is 5.46. The first-order valence-electron chi connectivity index (χ1n) is 17.2. The predicted molar refractivity (Wildman–Crippen MR) is 184 cm³/mol. The minimum atomic E-state index is -0.573. The van der Waals surface area contributed by atoms with Crippen molar-refractivity contribution in [2.75, 3.05) is 45.6 Å². The summed E-state index contributed by atoms with van der Waals surface area (Å²) in [5.41, 5.74) is 2.24. The van der Waals surface area contributed by atoms with E-state index in [4.69, 9.17) is 9.47 Å². The Balaban J connectivity index is 1.21. The molecule has 3 unspecified atom stereocenters. The number of ether oxygens (including phenoxy) is 2. The zero-order chi connectivity index (χ0) is 34.6. The molecule has 2 saturated heterocycles. The molecule has 1 saturated carbocycles. The van der Waals surface area contributed by atoms with Crippen molar-refractivity contribution < 1.29 is 23.9 Å². The number of anilines is 2. The number of hydrogen-bond donors (Lipinski definition) is 1. The summed E-state index contributed by atoms with van der Waals surface area (Å²) in [7, 11) is 3.59. The van der Waals surface area contributed by atoms with Gasteiger partial charge in [0.1, 0.15) is 11.4 Å². The molecule has 2 aliphatic heterocycles. The van der Waals surface area contributed by atoms with Crippen molar-refractivity contribution in [1.29, 1.82) is 0 Å². The fourth-order valence-corrected chi connectivity index (χ4v) is 6.94. The first-order chi connectivity index (χ1) is 22.8. The van der Waals surface area contributed by atoms with E-state index in [0.29, 0.717) is 55.3 Å². The van der Waals surface area contributed by atoms with Crippen LogP contribution < -0.4 is 5.32 Å². The van der Waals surface area contributed by atoms with E-state index in [1.165, 1.54) is 25.7 Å². The lowest BCUT2D eigenvalue weighted by molar-refractivity contribution is -0.127. The van der Waals surface area contributed by atoms with Gasteiger partial charge in [0.2, 0.25) is 11.9 Å². The molecule has 260 valence electrons. The van der Waals surface area contributed by atoms with Gasteiger partial charge in [-0.1, -0.05) is 39.0 Å². The van der Waals surface area contributed by atoms with Gasteiger partial charge in [-0.25, -0.2) is 19.7 Å². The zero-order valence-electron chi connectivity index (χ0n) is 29.5. The minimum absolute atomic E-state index is 0.0231. The van der Waals surface area contributed by atoms with Crippen LogP contribution in [0, 0.1) is 18.8 Å². The monoisotopic (exact) mass is 661 g/mol. The van der Waals surface area contributed by atoms with Crippen LogP contribution in [0.5, 0.6) is 0 Å². The highest BCUT2D eigenvalue weighted by Crippen LogP contribution is 2.37. The Morgan fingerprint density at radius 2 is 1.71 bits per heavy atom. The summed E-state index contributed by atoms with van der Waals surface area (Å²) in [6.07, 6.45) is 11.2. The number of pyridine rings is 1. The molecule has 0 aromatic carbocycles. The Hall–Kier alpha value is -4.06. The number of morpholine rings is 2. The summed E-state index contributed by atoms with van der Waals surface area (Å²) in [6, 6.07) is 3.46. The number of nitrogens with one attached hydrogen (secondary N) is 1. The van der Waals surface area contributed by atoms with E-state index in [9.17, 15) is 14.4 Å². The van der Waals surface area contributed by atoms with Crippen molar-refractivity contribution in [1.82, 2.24) is 29.7 Å². The van der Waals surface area contributed by atoms with Gasteiger partial charge in [-0.2, -0.15) is 0 Å². The first kappa shape index (κ1) is 35.3. The van der Waals surface area contributed by atoms with Crippen molar-refractivity contribution in [3.05, 3.63) is 46.9 Å². The van der Waals surface area contributed by atoms with Gasteiger partial charge in [0.05, 0.1) is 36.6 Å². The fourth-order valence-electron chi connectivity index (χ4n) is 6.94. The Bertz CT molecular complexity index is 1480. The lowest BCUT2D eigenvalue weighted by Gasteiger charge is -2.45. The third-order valence-electron chi connectivity index (χ3n) is 9.37. The number of fused-ring (bicyclic) bond motifs is 2. The highest BCUT2D eigenvalue weighted by atomic mass is 16.6. The van der Waals surface area contributed by atoms with Crippen molar-refractivity contribution in [3.8, 4) is 0 Å². The van der Waals surface area contributed by atoms with Gasteiger partial charge in [0.15, 0.2) is 0 Å². The Kier molecular flexibility index (Phi) is 11.0. The third-order valence-corrected chi connectivity index (χ3v) is 9.37. The number of likely N-dealkylation sites (N-methyl/N-ethyl adjacent to an activating group) is 1. The maximum Gasteiger partial charge on any atom is 0.410 e. The lowest BCUT2D eigenvalue weighted by Crippen LogP contribution is -2.61. The molecule has 0 radical (unpaired) electrons. The number of aryl methyl sites for hydroxylation is 1. The van der Waals surface area contributed by atoms with Crippen LogP contribution in [0.15, 0.2) is 30.1 Å². The van der Waals surface area contributed by atoms with E-state index in [2.05, 4.69) is 27.2 Å². The number of rotatable bonds is 9. The molecule has 12 nitrogen and oxygen atoms in total. The zero-order valence-corrected chi connectivity index (χ0v) is 29.5. The molecule has 3 amide bonds. The number of amides is 3. The van der Waals surface area contributed by atoms with Crippen LogP contribution in [0.1, 0.15) is 87.8 Å². The van der Waals surface area contributed by atoms with Gasteiger partial charge in [-0.05, 0) is 64.2 Å². The van der Waals surface area contributed by atoms with E-state index in [1.807, 2.05) is 33.8 Å². The number of nitrogens with zero attached hydrogens (tertiary/aromatic N) is 6. The van der Waals surface area contributed by atoms with Gasteiger partial charge in [-0.3, -0.25) is 9.59 Å². The van der Waals surface area contributed by atoms with Crippen molar-refractivity contribution >= 4 is 35.7 Å². The highest BCUT2D eigenvalue weighted by Gasteiger charge is 2.39. The molecule has 3 aliphatic rings. The summed E-state index contributed by atoms with van der Waals surface area (Å²) >= 11 is 0. The summed E-state index contributed by atoms with van der Waals surface area (Å²) in [4.78, 5) is 57.8. The summed E-state index contributed by atoms with van der Waals surface area (Å²) < 4.78 is 11.6. The van der Waals surface area contributed by atoms with E-state index < -0.39 is 5.60 Å². The molecule has 5 rings (SSSR count). The molecular formula is C36H51N7O5. The molecule has 4 heterocycles. The van der Waals surface area contributed by atoms with E-state index in [-0.39, 0.29) is 30.1 Å². The average Bonchev–Trinajstić information content (AvgIpc) is 3.57. The van der Waals surface area contributed by atoms with Crippen LogP contribution in [0.3, 0.4) is 0 Å². The SMILES string of the molecule is CCC(CC(=Cc1cnc(Nc2ccc(C(=O)N3CC4CN(C(=O)OC(C)(C)C)CC(C3)O4)cn2)nc1C)C(=O)N(C)C)C1CCCC1. The second-order valence-electron chi connectivity index (χ2n) is 14.6. The van der Waals surface area contributed by atoms with Crippen molar-refractivity contribution in [3.63, 3.8) is 0 Å². The van der Waals surface area contributed by atoms with Gasteiger partial charge in [0, 0.05) is 50.7 Å². The van der Waals surface area contributed by atoms with Crippen LogP contribution >= 0.6 is 0 Å². The number of carbonyl (C=O) groups is 3. The van der Waals surface area contributed by atoms with Crippen LogP contribution in [-0.4, -0.2) is 106 Å². The summed E-state index contributed by atoms with van der Waals surface area (Å²) in [5, 5.41) is 3.13. The molecule has 2 aromatic heterocycles. The minimum Gasteiger partial charge on any atom is -0.444 e. The van der Waals surface area contributed by atoms with Crippen LogP contribution in [0.25, 0.3) is 6.08 Å². The number of carbonyl (C=O) groups excluding carboxylic acids is 3. The van der Waals surface area contributed by atoms with Gasteiger partial charge < -0.3 is 29.5 Å². The normalized spacial score (nSPS) is 20.8. The Morgan fingerprint density at radius 3 is 2.27 bits per heavy atom. The van der Waals surface area contributed by atoms with Gasteiger partial charge in [0.25, 0.3) is 5.91 Å². The van der Waals surface area contributed by atoms with Gasteiger partial charge in [-0.15, -0.1) is 0 Å².